The molecule has 0 saturated carbocycles. The Morgan fingerprint density at radius 2 is 1.18 bits per heavy atom. The van der Waals surface area contributed by atoms with Crippen molar-refractivity contribution in [2.45, 2.75) is 32.6 Å². The molecule has 0 radical (unpaired) electrons. The number of ether oxygens (including phenoxy) is 4. The number of primary sulfonamides is 1. The lowest BCUT2D eigenvalue weighted by molar-refractivity contribution is 0.254. The molecule has 0 unspecified atom stereocenters. The maximum absolute atomic E-state index is 12.0. The van der Waals surface area contributed by atoms with Gasteiger partial charge in [-0.25, -0.2) is 13.6 Å². The lowest BCUT2D eigenvalue weighted by Crippen LogP contribution is -2.17. The molecule has 1 aromatic rings. The van der Waals surface area contributed by atoms with Crippen LogP contribution in [0.4, 0.5) is 0 Å². The Balaban J connectivity index is 3.73. The minimum absolute atomic E-state index is 0.0405. The smallest absolute Gasteiger partial charge is 0.245 e. The predicted octanol–water partition coefficient (Wildman–Crippen LogP) is 1.93. The number of rotatable bonds is 9. The Morgan fingerprint density at radius 1 is 0.818 bits per heavy atom. The highest BCUT2D eigenvalue weighted by Crippen LogP contribution is 2.47. The Morgan fingerprint density at radius 3 is 1.45 bits per heavy atom. The number of nitrogens with two attached hydrogens (primary N) is 1. The molecule has 0 heterocycles. The summed E-state index contributed by atoms with van der Waals surface area (Å²) in [5, 5.41) is 5.35. The van der Waals surface area contributed by atoms with Gasteiger partial charge in [0, 0.05) is 6.07 Å². The second-order valence-corrected chi connectivity index (χ2v) is 5.64. The third-order valence-corrected chi connectivity index (χ3v) is 3.52. The Hall–Kier alpha value is -1.67. The van der Waals surface area contributed by atoms with E-state index in [1.807, 2.05) is 0 Å². The van der Waals surface area contributed by atoms with Gasteiger partial charge in [-0.2, -0.15) is 0 Å². The van der Waals surface area contributed by atoms with Gasteiger partial charge in [-0.3, -0.25) is 0 Å². The van der Waals surface area contributed by atoms with Gasteiger partial charge in [0.1, 0.15) is 0 Å². The monoisotopic (exact) mass is 333 g/mol. The molecule has 0 saturated heterocycles. The second kappa shape index (κ2) is 8.09. The number of hydrogen-bond acceptors (Lipinski definition) is 6. The fraction of sp³-hybridized carbons (Fsp3) is 0.571. The summed E-state index contributed by atoms with van der Waals surface area (Å²) in [6.07, 6.45) is 0. The zero-order chi connectivity index (χ0) is 16.8. The zero-order valence-corrected chi connectivity index (χ0v) is 14.2. The average Bonchev–Trinajstić information content (AvgIpc) is 2.42. The fourth-order valence-electron chi connectivity index (χ4n) is 1.92. The van der Waals surface area contributed by atoms with Crippen LogP contribution in [-0.4, -0.2) is 34.8 Å². The summed E-state index contributed by atoms with van der Waals surface area (Å²) >= 11 is 0. The van der Waals surface area contributed by atoms with Crippen molar-refractivity contribution >= 4 is 10.0 Å². The van der Waals surface area contributed by atoms with Crippen LogP contribution in [0.25, 0.3) is 0 Å². The van der Waals surface area contributed by atoms with E-state index in [4.69, 9.17) is 24.1 Å². The summed E-state index contributed by atoms with van der Waals surface area (Å²) in [7, 11) is -4.10. The van der Waals surface area contributed by atoms with E-state index in [9.17, 15) is 8.42 Å². The lowest BCUT2D eigenvalue weighted by Gasteiger charge is -2.20. The maximum Gasteiger partial charge on any atom is 0.245 e. The van der Waals surface area contributed by atoms with Crippen molar-refractivity contribution in [3.8, 4) is 23.0 Å². The molecule has 126 valence electrons. The fourth-order valence-corrected chi connectivity index (χ4v) is 2.76. The molecule has 0 aliphatic heterocycles. The largest absolute Gasteiger partial charge is 0.490 e. The molecule has 0 atom stereocenters. The van der Waals surface area contributed by atoms with Crippen molar-refractivity contribution in [1.29, 1.82) is 0 Å². The van der Waals surface area contributed by atoms with Gasteiger partial charge >= 0.3 is 0 Å². The molecular weight excluding hydrogens is 310 g/mol. The molecule has 8 heteroatoms. The van der Waals surface area contributed by atoms with Crippen LogP contribution < -0.4 is 24.1 Å². The highest BCUT2D eigenvalue weighted by molar-refractivity contribution is 7.89. The molecule has 22 heavy (non-hydrogen) atoms. The average molecular weight is 333 g/mol. The van der Waals surface area contributed by atoms with E-state index in [1.54, 1.807) is 33.8 Å². The van der Waals surface area contributed by atoms with Gasteiger partial charge in [0.05, 0.1) is 26.4 Å². The van der Waals surface area contributed by atoms with Crippen molar-refractivity contribution < 1.29 is 27.4 Å². The first kappa shape index (κ1) is 18.4. The number of sulfonamides is 1. The molecule has 7 nitrogen and oxygen atoms in total. The van der Waals surface area contributed by atoms with Crippen LogP contribution in [0, 0.1) is 0 Å². The van der Waals surface area contributed by atoms with Crippen molar-refractivity contribution in [2.24, 2.45) is 5.14 Å². The molecule has 0 amide bonds. The summed E-state index contributed by atoms with van der Waals surface area (Å²) in [6.45, 7) is 8.21. The molecule has 0 fully saturated rings. The van der Waals surface area contributed by atoms with Gasteiger partial charge < -0.3 is 18.9 Å². The lowest BCUT2D eigenvalue weighted by atomic mass is 10.2. The first-order valence-electron chi connectivity index (χ1n) is 7.15. The van der Waals surface area contributed by atoms with Crippen LogP contribution in [0.2, 0.25) is 0 Å². The van der Waals surface area contributed by atoms with Gasteiger partial charge in [-0.1, -0.05) is 0 Å². The third kappa shape index (κ3) is 4.17. The Labute approximate surface area is 131 Å². The number of benzene rings is 1. The van der Waals surface area contributed by atoms with E-state index < -0.39 is 10.0 Å². The molecule has 1 aromatic carbocycles. The summed E-state index contributed by atoms with van der Waals surface area (Å²) < 4.78 is 45.9. The summed E-state index contributed by atoms with van der Waals surface area (Å²) in [4.78, 5) is -0.259. The van der Waals surface area contributed by atoms with Crippen molar-refractivity contribution in [3.05, 3.63) is 6.07 Å². The predicted molar refractivity (Wildman–Crippen MR) is 82.5 cm³/mol. The van der Waals surface area contributed by atoms with E-state index in [0.29, 0.717) is 13.2 Å². The molecule has 0 bridgehead atoms. The van der Waals surface area contributed by atoms with Gasteiger partial charge in [0.25, 0.3) is 0 Å². The maximum atomic E-state index is 12.0. The van der Waals surface area contributed by atoms with Crippen molar-refractivity contribution in [1.82, 2.24) is 0 Å². The van der Waals surface area contributed by atoms with E-state index >= 15 is 0 Å². The molecule has 0 aliphatic carbocycles. The highest BCUT2D eigenvalue weighted by Gasteiger charge is 2.29. The minimum Gasteiger partial charge on any atom is -0.490 e. The summed E-state index contributed by atoms with van der Waals surface area (Å²) in [5.41, 5.74) is 0. The van der Waals surface area contributed by atoms with Gasteiger partial charge in [0.2, 0.25) is 10.0 Å². The van der Waals surface area contributed by atoms with Crippen LogP contribution in [-0.2, 0) is 10.0 Å². The quantitative estimate of drug-likeness (QED) is 0.741. The van der Waals surface area contributed by atoms with Crippen LogP contribution in [0.1, 0.15) is 27.7 Å². The number of hydrogen-bond donors (Lipinski definition) is 1. The first-order chi connectivity index (χ1) is 10.4. The Kier molecular flexibility index (Phi) is 6.76. The van der Waals surface area contributed by atoms with Crippen molar-refractivity contribution in [3.63, 3.8) is 0 Å². The highest BCUT2D eigenvalue weighted by atomic mass is 32.2. The Bertz CT molecular complexity index is 566. The first-order valence-corrected chi connectivity index (χ1v) is 8.70. The summed E-state index contributed by atoms with van der Waals surface area (Å²) in [5.74, 6) is 0.582. The third-order valence-electron chi connectivity index (χ3n) is 2.58. The minimum atomic E-state index is -4.10. The van der Waals surface area contributed by atoms with Crippen LogP contribution in [0.15, 0.2) is 11.0 Å². The SMILES string of the molecule is CCOc1cc(OCC)c(OCC)c(S(N)(=O)=O)c1OCC. The molecule has 0 aliphatic rings. The topological polar surface area (TPSA) is 97.1 Å². The van der Waals surface area contributed by atoms with Gasteiger partial charge in [-0.05, 0) is 27.7 Å². The molecular formula is C14H23NO6S. The van der Waals surface area contributed by atoms with E-state index in [2.05, 4.69) is 0 Å². The van der Waals surface area contributed by atoms with Crippen LogP contribution >= 0.6 is 0 Å². The van der Waals surface area contributed by atoms with Crippen LogP contribution in [0.3, 0.4) is 0 Å². The van der Waals surface area contributed by atoms with E-state index in [1.165, 1.54) is 0 Å². The molecule has 2 N–H and O–H groups in total. The van der Waals surface area contributed by atoms with Crippen LogP contribution in [0.5, 0.6) is 23.0 Å². The summed E-state index contributed by atoms with van der Waals surface area (Å²) in [6, 6.07) is 1.55. The standard InChI is InChI=1S/C14H23NO6S/c1-5-18-10-9-11(19-6-2)13(21-8-4)14(22(15,16)17)12(10)20-7-3/h9H,5-8H2,1-4H3,(H2,15,16,17). The normalized spacial score (nSPS) is 11.1. The van der Waals surface area contributed by atoms with Gasteiger partial charge in [0.15, 0.2) is 27.9 Å². The second-order valence-electron chi connectivity index (χ2n) is 4.14. The molecule has 1 rings (SSSR count). The molecule has 0 aromatic heterocycles. The molecule has 0 spiro atoms. The van der Waals surface area contributed by atoms with Crippen molar-refractivity contribution in [2.75, 3.05) is 26.4 Å². The van der Waals surface area contributed by atoms with E-state index in [0.717, 1.165) is 0 Å². The van der Waals surface area contributed by atoms with E-state index in [-0.39, 0.29) is 41.1 Å². The zero-order valence-electron chi connectivity index (χ0n) is 13.3. The van der Waals surface area contributed by atoms with Gasteiger partial charge in [-0.15, -0.1) is 0 Å².